The number of amides is 3. The summed E-state index contributed by atoms with van der Waals surface area (Å²) in [4.78, 5) is 31.7. The van der Waals surface area contributed by atoms with Gasteiger partial charge in [-0.3, -0.25) is 19.3 Å². The Morgan fingerprint density at radius 1 is 1.36 bits per heavy atom. The van der Waals surface area contributed by atoms with Crippen molar-refractivity contribution in [3.05, 3.63) is 12.7 Å². The van der Waals surface area contributed by atoms with Crippen LogP contribution in [0.2, 0.25) is 0 Å². The zero-order valence-corrected chi connectivity index (χ0v) is 8.74. The van der Waals surface area contributed by atoms with Crippen molar-refractivity contribution in [3.63, 3.8) is 0 Å². The lowest BCUT2D eigenvalue weighted by Gasteiger charge is -2.13. The molecule has 0 heterocycles. The van der Waals surface area contributed by atoms with Crippen LogP contribution in [-0.2, 0) is 14.4 Å². The lowest BCUT2D eigenvalue weighted by molar-refractivity contribution is -0.140. The molecule has 80 valence electrons. The lowest BCUT2D eigenvalue weighted by atomic mass is 10.4. The van der Waals surface area contributed by atoms with Crippen LogP contribution < -0.4 is 5.73 Å². The maximum atomic E-state index is 10.8. The van der Waals surface area contributed by atoms with Crippen LogP contribution in [0.1, 0.15) is 20.8 Å². The molecule has 5 nitrogen and oxygen atoms in total. The highest BCUT2D eigenvalue weighted by molar-refractivity contribution is 5.99. The van der Waals surface area contributed by atoms with Crippen LogP contribution in [0.5, 0.6) is 0 Å². The van der Waals surface area contributed by atoms with Gasteiger partial charge in [-0.05, 0) is 13.0 Å². The largest absolute Gasteiger partial charge is 0.370 e. The highest BCUT2D eigenvalue weighted by atomic mass is 16.2. The number of carbonyl (C=O) groups is 3. The molecular formula is C9H16N2O3. The molecule has 0 radical (unpaired) electrons. The normalized spacial score (nSPS) is 7.93. The van der Waals surface area contributed by atoms with E-state index in [2.05, 4.69) is 12.3 Å². The van der Waals surface area contributed by atoms with Crippen LogP contribution in [0.3, 0.4) is 0 Å². The van der Waals surface area contributed by atoms with Crippen molar-refractivity contribution in [1.82, 2.24) is 4.90 Å². The molecule has 2 N–H and O–H groups in total. The average molecular weight is 200 g/mol. The summed E-state index contributed by atoms with van der Waals surface area (Å²) in [7, 11) is 0. The van der Waals surface area contributed by atoms with E-state index in [4.69, 9.17) is 0 Å². The quantitative estimate of drug-likeness (QED) is 0.640. The fourth-order valence-electron chi connectivity index (χ4n) is 0.644. The molecule has 0 aromatic rings. The van der Waals surface area contributed by atoms with Gasteiger partial charge >= 0.3 is 0 Å². The summed E-state index contributed by atoms with van der Waals surface area (Å²) in [6.45, 7) is 8.07. The van der Waals surface area contributed by atoms with Crippen molar-refractivity contribution in [2.24, 2.45) is 5.73 Å². The molecule has 0 aliphatic heterocycles. The summed E-state index contributed by atoms with van der Waals surface area (Å²) < 4.78 is 0. The number of nitrogens with two attached hydrogens (primary N) is 1. The second kappa shape index (κ2) is 7.97. The molecule has 5 heteroatoms. The summed E-state index contributed by atoms with van der Waals surface area (Å²) in [6.07, 6.45) is 1.13. The van der Waals surface area contributed by atoms with E-state index < -0.39 is 0 Å². The van der Waals surface area contributed by atoms with Gasteiger partial charge in [0.05, 0.1) is 0 Å². The van der Waals surface area contributed by atoms with Gasteiger partial charge in [0.25, 0.3) is 5.91 Å². The molecule has 14 heavy (non-hydrogen) atoms. The number of primary amides is 1. The van der Waals surface area contributed by atoms with E-state index in [9.17, 15) is 14.4 Å². The number of rotatable bonds is 2. The van der Waals surface area contributed by atoms with E-state index in [0.29, 0.717) is 6.54 Å². The molecule has 3 amide bonds. The molecule has 0 aromatic heterocycles. The maximum Gasteiger partial charge on any atom is 0.252 e. The van der Waals surface area contributed by atoms with Crippen molar-refractivity contribution < 1.29 is 14.4 Å². The minimum atomic E-state index is -0.338. The van der Waals surface area contributed by atoms with Gasteiger partial charge in [0.2, 0.25) is 11.8 Å². The SMILES string of the molecule is C=CC(=O)N(CC)C(C)=O.CC(N)=O. The van der Waals surface area contributed by atoms with E-state index in [-0.39, 0.29) is 17.7 Å². The highest BCUT2D eigenvalue weighted by Gasteiger charge is 2.10. The first-order valence-corrected chi connectivity index (χ1v) is 4.07. The molecule has 0 fully saturated rings. The monoisotopic (exact) mass is 200 g/mol. The lowest BCUT2D eigenvalue weighted by Crippen LogP contribution is -2.33. The Kier molecular flexibility index (Phi) is 8.46. The van der Waals surface area contributed by atoms with Crippen molar-refractivity contribution in [2.75, 3.05) is 6.54 Å². The number of likely N-dealkylation sites (N-methyl/N-ethyl adjacent to an activating group) is 1. The molecule has 0 aliphatic carbocycles. The van der Waals surface area contributed by atoms with Crippen LogP contribution >= 0.6 is 0 Å². The molecule has 0 unspecified atom stereocenters. The van der Waals surface area contributed by atoms with Gasteiger partial charge in [-0.1, -0.05) is 6.58 Å². The first-order valence-electron chi connectivity index (χ1n) is 4.07. The molecule has 0 saturated carbocycles. The molecular weight excluding hydrogens is 184 g/mol. The van der Waals surface area contributed by atoms with Crippen molar-refractivity contribution in [1.29, 1.82) is 0 Å². The fourth-order valence-corrected chi connectivity index (χ4v) is 0.644. The predicted octanol–water partition coefficient (Wildman–Crippen LogP) is 0.0590. The zero-order valence-electron chi connectivity index (χ0n) is 8.74. The van der Waals surface area contributed by atoms with E-state index in [1.807, 2.05) is 0 Å². The van der Waals surface area contributed by atoms with Gasteiger partial charge in [-0.15, -0.1) is 0 Å². The Morgan fingerprint density at radius 2 is 1.71 bits per heavy atom. The van der Waals surface area contributed by atoms with E-state index in [0.717, 1.165) is 11.0 Å². The van der Waals surface area contributed by atoms with Gasteiger partial charge in [0, 0.05) is 20.4 Å². The minimum absolute atomic E-state index is 0.243. The van der Waals surface area contributed by atoms with Crippen LogP contribution in [0.4, 0.5) is 0 Å². The number of hydrogen-bond donors (Lipinski definition) is 1. The fraction of sp³-hybridized carbons (Fsp3) is 0.444. The van der Waals surface area contributed by atoms with Crippen LogP contribution in [0.25, 0.3) is 0 Å². The number of imide groups is 1. The second-order valence-corrected chi connectivity index (χ2v) is 2.42. The maximum absolute atomic E-state index is 10.8. The van der Waals surface area contributed by atoms with Gasteiger partial charge in [-0.2, -0.15) is 0 Å². The Bertz CT molecular complexity index is 232. The average Bonchev–Trinajstić information content (AvgIpc) is 2.03. The van der Waals surface area contributed by atoms with Gasteiger partial charge in [0.15, 0.2) is 0 Å². The van der Waals surface area contributed by atoms with Crippen molar-refractivity contribution in [3.8, 4) is 0 Å². The van der Waals surface area contributed by atoms with Crippen LogP contribution in [0.15, 0.2) is 12.7 Å². The summed E-state index contributed by atoms with van der Waals surface area (Å²) in [5.74, 6) is -0.914. The summed E-state index contributed by atoms with van der Waals surface area (Å²) in [6, 6.07) is 0. The standard InChI is InChI=1S/C7H11NO2.C2H5NO/c1-4-7(10)8(5-2)6(3)9;1-2(3)4/h4H,1,5H2,2-3H3;1H3,(H2,3,4). The van der Waals surface area contributed by atoms with Gasteiger partial charge in [-0.25, -0.2) is 0 Å². The van der Waals surface area contributed by atoms with Crippen molar-refractivity contribution >= 4 is 17.7 Å². The van der Waals surface area contributed by atoms with E-state index >= 15 is 0 Å². The number of hydrogen-bond acceptors (Lipinski definition) is 3. The third kappa shape index (κ3) is 8.45. The van der Waals surface area contributed by atoms with Crippen LogP contribution in [-0.4, -0.2) is 29.2 Å². The molecule has 0 rings (SSSR count). The molecule has 0 aromatic carbocycles. The number of carbonyl (C=O) groups excluding carboxylic acids is 3. The second-order valence-electron chi connectivity index (χ2n) is 2.42. The van der Waals surface area contributed by atoms with E-state index in [1.165, 1.54) is 13.8 Å². The van der Waals surface area contributed by atoms with Gasteiger partial charge in [0.1, 0.15) is 0 Å². The topological polar surface area (TPSA) is 80.5 Å². The smallest absolute Gasteiger partial charge is 0.252 e. The van der Waals surface area contributed by atoms with E-state index in [1.54, 1.807) is 6.92 Å². The zero-order chi connectivity index (χ0) is 11.7. The Hall–Kier alpha value is -1.65. The van der Waals surface area contributed by atoms with Crippen LogP contribution in [0, 0.1) is 0 Å². The highest BCUT2D eigenvalue weighted by Crippen LogP contribution is 1.90. The predicted molar refractivity (Wildman–Crippen MR) is 53.1 cm³/mol. The first kappa shape index (κ1) is 14.9. The molecule has 0 bridgehead atoms. The molecule has 0 spiro atoms. The van der Waals surface area contributed by atoms with Crippen molar-refractivity contribution in [2.45, 2.75) is 20.8 Å². The Morgan fingerprint density at radius 3 is 1.79 bits per heavy atom. The molecule has 0 atom stereocenters. The minimum Gasteiger partial charge on any atom is -0.370 e. The third-order valence-electron chi connectivity index (χ3n) is 1.14. The molecule has 0 saturated heterocycles. The molecule has 0 aliphatic rings. The number of nitrogens with zero attached hydrogens (tertiary/aromatic N) is 1. The summed E-state index contributed by atoms with van der Waals surface area (Å²) >= 11 is 0. The Balaban J connectivity index is 0. The summed E-state index contributed by atoms with van der Waals surface area (Å²) in [5, 5.41) is 0. The summed E-state index contributed by atoms with van der Waals surface area (Å²) in [5.41, 5.74) is 4.47. The third-order valence-corrected chi connectivity index (χ3v) is 1.14. The Labute approximate surface area is 83.6 Å². The van der Waals surface area contributed by atoms with Gasteiger partial charge < -0.3 is 5.73 Å². The first-order chi connectivity index (χ1) is 6.36.